The predicted molar refractivity (Wildman–Crippen MR) is 114 cm³/mol. The van der Waals surface area contributed by atoms with Gasteiger partial charge in [0.1, 0.15) is 5.75 Å². The Labute approximate surface area is 192 Å². The number of carbonyl (C=O) groups is 3. The smallest absolute Gasteiger partial charge is 0.416 e. The van der Waals surface area contributed by atoms with Gasteiger partial charge in [-0.05, 0) is 54.4 Å². The SMILES string of the molecule is COc1ccc(N2C(=O)NC(=O)[C@@]3(Cc4cc(C(F)(F)F)ccc4N4CCOC[C@@H]43)C2=O)cc1. The number of halogens is 3. The van der Waals surface area contributed by atoms with Crippen LogP contribution in [-0.4, -0.2) is 50.8 Å². The maximum atomic E-state index is 13.9. The summed E-state index contributed by atoms with van der Waals surface area (Å²) in [6, 6.07) is 7.69. The summed E-state index contributed by atoms with van der Waals surface area (Å²) in [6.07, 6.45) is -4.89. The monoisotopic (exact) mass is 475 g/mol. The molecular formula is C23H20F3N3O5. The lowest BCUT2D eigenvalue weighted by Gasteiger charge is -2.53. The zero-order valence-electron chi connectivity index (χ0n) is 18.0. The highest BCUT2D eigenvalue weighted by Gasteiger charge is 2.63. The van der Waals surface area contributed by atoms with E-state index in [9.17, 15) is 27.6 Å². The van der Waals surface area contributed by atoms with E-state index in [1.54, 1.807) is 17.0 Å². The molecule has 178 valence electrons. The average molecular weight is 475 g/mol. The first kappa shape index (κ1) is 22.2. The number of carbonyl (C=O) groups excluding carboxylic acids is 3. The maximum absolute atomic E-state index is 13.9. The number of urea groups is 1. The summed E-state index contributed by atoms with van der Waals surface area (Å²) in [6.45, 7) is 0.566. The van der Waals surface area contributed by atoms with Gasteiger partial charge >= 0.3 is 12.2 Å². The molecule has 2 aromatic carbocycles. The Hall–Kier alpha value is -3.60. The van der Waals surface area contributed by atoms with Gasteiger partial charge in [0.05, 0.1) is 37.6 Å². The van der Waals surface area contributed by atoms with Gasteiger partial charge in [-0.15, -0.1) is 0 Å². The summed E-state index contributed by atoms with van der Waals surface area (Å²) in [5.41, 5.74) is -1.81. The normalized spacial score (nSPS) is 24.6. The third-order valence-corrected chi connectivity index (χ3v) is 6.63. The Bertz CT molecular complexity index is 1180. The molecule has 3 heterocycles. The van der Waals surface area contributed by atoms with Gasteiger partial charge in [-0.1, -0.05) is 0 Å². The predicted octanol–water partition coefficient (Wildman–Crippen LogP) is 2.74. The molecule has 0 bridgehead atoms. The van der Waals surface area contributed by atoms with E-state index in [0.717, 1.165) is 17.0 Å². The van der Waals surface area contributed by atoms with E-state index < -0.39 is 41.0 Å². The lowest BCUT2D eigenvalue weighted by atomic mass is 9.68. The molecule has 0 radical (unpaired) electrons. The van der Waals surface area contributed by atoms with Crippen LogP contribution in [0.25, 0.3) is 0 Å². The Balaban J connectivity index is 1.64. The summed E-state index contributed by atoms with van der Waals surface area (Å²) in [5, 5.41) is 2.25. The van der Waals surface area contributed by atoms with Crippen LogP contribution in [0.5, 0.6) is 5.75 Å². The van der Waals surface area contributed by atoms with Gasteiger partial charge in [0.25, 0.3) is 5.91 Å². The fourth-order valence-corrected chi connectivity index (χ4v) is 4.97. The number of methoxy groups -OCH3 is 1. The summed E-state index contributed by atoms with van der Waals surface area (Å²) in [4.78, 5) is 42.6. The van der Waals surface area contributed by atoms with Crippen LogP contribution in [0, 0.1) is 5.41 Å². The van der Waals surface area contributed by atoms with Crippen LogP contribution >= 0.6 is 0 Å². The van der Waals surface area contributed by atoms with Gasteiger partial charge in [-0.2, -0.15) is 13.2 Å². The molecule has 11 heteroatoms. The Morgan fingerprint density at radius 1 is 1.12 bits per heavy atom. The van der Waals surface area contributed by atoms with Crippen molar-refractivity contribution in [2.75, 3.05) is 36.7 Å². The van der Waals surface area contributed by atoms with E-state index in [0.29, 0.717) is 11.4 Å². The number of hydrogen-bond acceptors (Lipinski definition) is 6. The van der Waals surface area contributed by atoms with Crippen molar-refractivity contribution < 1.29 is 37.0 Å². The molecule has 4 amide bonds. The third kappa shape index (κ3) is 3.22. The number of fused-ring (bicyclic) bond motifs is 4. The summed E-state index contributed by atoms with van der Waals surface area (Å²) in [5.74, 6) is -1.16. The maximum Gasteiger partial charge on any atom is 0.416 e. The first-order valence-electron chi connectivity index (χ1n) is 10.6. The van der Waals surface area contributed by atoms with Crippen LogP contribution in [0.2, 0.25) is 0 Å². The van der Waals surface area contributed by atoms with Crippen molar-refractivity contribution in [3.63, 3.8) is 0 Å². The highest BCUT2D eigenvalue weighted by Crippen LogP contribution is 2.47. The lowest BCUT2D eigenvalue weighted by molar-refractivity contribution is -0.146. The molecule has 8 nitrogen and oxygen atoms in total. The van der Waals surface area contributed by atoms with Crippen molar-refractivity contribution in [1.82, 2.24) is 5.32 Å². The summed E-state index contributed by atoms with van der Waals surface area (Å²) >= 11 is 0. The Morgan fingerprint density at radius 3 is 2.53 bits per heavy atom. The fraction of sp³-hybridized carbons (Fsp3) is 0.348. The van der Waals surface area contributed by atoms with E-state index in [1.807, 2.05) is 0 Å². The fourth-order valence-electron chi connectivity index (χ4n) is 4.97. The number of ether oxygens (including phenoxy) is 2. The van der Waals surface area contributed by atoms with E-state index >= 15 is 0 Å². The average Bonchev–Trinajstić information content (AvgIpc) is 2.82. The highest BCUT2D eigenvalue weighted by molar-refractivity contribution is 6.30. The Kier molecular flexibility index (Phi) is 5.05. The number of anilines is 2. The minimum atomic E-state index is -4.59. The van der Waals surface area contributed by atoms with Gasteiger partial charge < -0.3 is 14.4 Å². The standard InChI is InChI=1S/C23H20F3N3O5/c1-33-16-5-3-15(4-6-16)29-20(31)22(19(30)27-21(29)32)11-13-10-14(23(24,25)26)2-7-17(13)28-8-9-34-12-18(22)28/h2-7,10,18H,8-9,11-12H2,1H3,(H,27,30,32)/t18-,22+/m1/s1. The van der Waals surface area contributed by atoms with Crippen molar-refractivity contribution >= 4 is 29.2 Å². The number of amides is 4. The van der Waals surface area contributed by atoms with Gasteiger partial charge in [-0.3, -0.25) is 14.9 Å². The van der Waals surface area contributed by atoms with Crippen LogP contribution in [0.1, 0.15) is 11.1 Å². The van der Waals surface area contributed by atoms with Crippen molar-refractivity contribution in [2.45, 2.75) is 18.6 Å². The number of benzene rings is 2. The number of barbiturate groups is 1. The van der Waals surface area contributed by atoms with Crippen molar-refractivity contribution in [3.05, 3.63) is 53.6 Å². The molecule has 0 aromatic heterocycles. The number of nitrogens with zero attached hydrogens (tertiary/aromatic N) is 2. The molecule has 3 aliphatic heterocycles. The lowest BCUT2D eigenvalue weighted by Crippen LogP contribution is -2.74. The van der Waals surface area contributed by atoms with Crippen molar-refractivity contribution in [2.24, 2.45) is 5.41 Å². The highest BCUT2D eigenvalue weighted by atomic mass is 19.4. The second-order valence-corrected chi connectivity index (χ2v) is 8.37. The molecule has 2 fully saturated rings. The van der Waals surface area contributed by atoms with E-state index in [2.05, 4.69) is 5.32 Å². The number of imide groups is 2. The van der Waals surface area contributed by atoms with Crippen LogP contribution in [0.15, 0.2) is 42.5 Å². The molecule has 0 unspecified atom stereocenters. The van der Waals surface area contributed by atoms with Gasteiger partial charge in [0, 0.05) is 12.2 Å². The van der Waals surface area contributed by atoms with Crippen LogP contribution in [0.3, 0.4) is 0 Å². The molecule has 3 aliphatic rings. The molecule has 1 N–H and O–H groups in total. The third-order valence-electron chi connectivity index (χ3n) is 6.63. The molecule has 0 aliphatic carbocycles. The second-order valence-electron chi connectivity index (χ2n) is 8.37. The van der Waals surface area contributed by atoms with E-state index in [4.69, 9.17) is 9.47 Å². The van der Waals surface area contributed by atoms with Crippen molar-refractivity contribution in [3.8, 4) is 5.75 Å². The number of alkyl halides is 3. The molecule has 2 aromatic rings. The van der Waals surface area contributed by atoms with Gasteiger partial charge in [0.15, 0.2) is 5.41 Å². The van der Waals surface area contributed by atoms with Gasteiger partial charge in [0.2, 0.25) is 5.91 Å². The summed E-state index contributed by atoms with van der Waals surface area (Å²) in [7, 11) is 1.47. The molecule has 1 spiro atoms. The van der Waals surface area contributed by atoms with Crippen LogP contribution in [-0.2, 0) is 26.9 Å². The number of nitrogens with one attached hydrogen (secondary N) is 1. The molecule has 2 atom stereocenters. The van der Waals surface area contributed by atoms with Crippen LogP contribution < -0.4 is 19.9 Å². The minimum Gasteiger partial charge on any atom is -0.497 e. The molecule has 2 saturated heterocycles. The number of rotatable bonds is 2. The minimum absolute atomic E-state index is 0.00423. The Morgan fingerprint density at radius 2 is 1.85 bits per heavy atom. The quantitative estimate of drug-likeness (QED) is 0.673. The largest absolute Gasteiger partial charge is 0.497 e. The van der Waals surface area contributed by atoms with E-state index in [-0.39, 0.29) is 37.4 Å². The first-order valence-corrected chi connectivity index (χ1v) is 10.6. The molecule has 5 rings (SSSR count). The zero-order chi connectivity index (χ0) is 24.3. The molecular weight excluding hydrogens is 455 g/mol. The first-order chi connectivity index (χ1) is 16.2. The second kappa shape index (κ2) is 7.73. The topological polar surface area (TPSA) is 88.2 Å². The number of hydrogen-bond donors (Lipinski definition) is 1. The van der Waals surface area contributed by atoms with Crippen molar-refractivity contribution in [1.29, 1.82) is 0 Å². The molecule has 34 heavy (non-hydrogen) atoms. The number of morpholine rings is 1. The summed E-state index contributed by atoms with van der Waals surface area (Å²) < 4.78 is 51.0. The van der Waals surface area contributed by atoms with E-state index in [1.165, 1.54) is 25.3 Å². The van der Waals surface area contributed by atoms with Crippen LogP contribution in [0.4, 0.5) is 29.3 Å². The molecule has 0 saturated carbocycles. The van der Waals surface area contributed by atoms with Gasteiger partial charge in [-0.25, -0.2) is 9.69 Å². The zero-order valence-corrected chi connectivity index (χ0v) is 18.0.